The minimum absolute atomic E-state index is 0.185. The molecule has 0 spiro atoms. The predicted molar refractivity (Wildman–Crippen MR) is 120 cm³/mol. The van der Waals surface area contributed by atoms with Crippen molar-refractivity contribution in [3.05, 3.63) is 83.0 Å². The third-order valence-corrected chi connectivity index (χ3v) is 5.46. The maximum atomic E-state index is 12.7. The minimum Gasteiger partial charge on any atom is -0.366 e. The highest BCUT2D eigenvalue weighted by atomic mass is 35.5. The Labute approximate surface area is 179 Å². The second kappa shape index (κ2) is 8.55. The lowest BCUT2D eigenvalue weighted by molar-refractivity contribution is 0.0953. The van der Waals surface area contributed by atoms with Crippen LogP contribution in [0.1, 0.15) is 35.2 Å². The molecule has 3 N–H and O–H groups in total. The second-order valence-electron chi connectivity index (χ2n) is 7.24. The molecule has 7 heteroatoms. The van der Waals surface area contributed by atoms with Crippen LogP contribution in [-0.4, -0.2) is 27.0 Å². The van der Waals surface area contributed by atoms with Gasteiger partial charge in [0.15, 0.2) is 5.65 Å². The highest BCUT2D eigenvalue weighted by molar-refractivity contribution is 6.34. The van der Waals surface area contributed by atoms with Gasteiger partial charge in [0.05, 0.1) is 10.6 Å². The quantitative estimate of drug-likeness (QED) is 0.480. The van der Waals surface area contributed by atoms with E-state index in [2.05, 4.69) is 34.5 Å². The third-order valence-electron chi connectivity index (χ3n) is 5.13. The summed E-state index contributed by atoms with van der Waals surface area (Å²) in [6.45, 7) is 2.73. The van der Waals surface area contributed by atoms with Crippen LogP contribution in [0.2, 0.25) is 5.02 Å². The highest BCUT2D eigenvalue weighted by Crippen LogP contribution is 2.26. The number of pyridine rings is 1. The lowest BCUT2D eigenvalue weighted by Gasteiger charge is -2.13. The maximum absolute atomic E-state index is 12.7. The van der Waals surface area contributed by atoms with E-state index in [4.69, 9.17) is 17.3 Å². The highest BCUT2D eigenvalue weighted by Gasteiger charge is 2.13. The van der Waals surface area contributed by atoms with E-state index >= 15 is 0 Å². The molecule has 0 aliphatic carbocycles. The Hall–Kier alpha value is -3.38. The molecule has 2 heterocycles. The van der Waals surface area contributed by atoms with E-state index in [1.54, 1.807) is 22.8 Å². The van der Waals surface area contributed by atoms with Crippen LogP contribution < -0.4 is 11.1 Å². The fourth-order valence-corrected chi connectivity index (χ4v) is 3.61. The van der Waals surface area contributed by atoms with Gasteiger partial charge in [0, 0.05) is 12.7 Å². The number of amides is 1. The van der Waals surface area contributed by atoms with Gasteiger partial charge >= 0.3 is 0 Å². The zero-order chi connectivity index (χ0) is 21.1. The fraction of sp³-hybridized carbons (Fsp3) is 0.174. The molecule has 4 rings (SSSR count). The average molecular weight is 420 g/mol. The molecule has 1 atom stereocenters. The molecular weight excluding hydrogens is 398 g/mol. The Morgan fingerprint density at radius 3 is 2.70 bits per heavy atom. The van der Waals surface area contributed by atoms with E-state index in [0.717, 1.165) is 17.5 Å². The fourth-order valence-electron chi connectivity index (χ4n) is 3.40. The molecular formula is C23H22ClN5O. The summed E-state index contributed by atoms with van der Waals surface area (Å²) in [7, 11) is 0. The van der Waals surface area contributed by atoms with Crippen molar-refractivity contribution in [2.75, 3.05) is 12.3 Å². The molecule has 6 nitrogen and oxygen atoms in total. The average Bonchev–Trinajstić information content (AvgIpc) is 3.13. The van der Waals surface area contributed by atoms with E-state index in [1.165, 1.54) is 5.56 Å². The predicted octanol–water partition coefficient (Wildman–Crippen LogP) is 4.56. The SMILES string of the molecule is CC(CCNC(=O)c1cc(-c2ccn3nc(N)nc3c2)ccc1Cl)c1ccccc1. The largest absolute Gasteiger partial charge is 0.366 e. The van der Waals surface area contributed by atoms with E-state index in [-0.39, 0.29) is 11.9 Å². The number of halogens is 1. The molecule has 1 unspecified atom stereocenters. The Morgan fingerprint density at radius 2 is 1.90 bits per heavy atom. The smallest absolute Gasteiger partial charge is 0.252 e. The van der Waals surface area contributed by atoms with Crippen molar-refractivity contribution in [3.8, 4) is 11.1 Å². The lowest BCUT2D eigenvalue weighted by atomic mass is 9.98. The number of anilines is 1. The number of benzene rings is 2. The van der Waals surface area contributed by atoms with Crippen LogP contribution in [0, 0.1) is 0 Å². The summed E-state index contributed by atoms with van der Waals surface area (Å²) >= 11 is 6.31. The molecule has 0 bridgehead atoms. The lowest BCUT2D eigenvalue weighted by Crippen LogP contribution is -2.25. The van der Waals surface area contributed by atoms with Gasteiger partial charge in [-0.2, -0.15) is 4.98 Å². The van der Waals surface area contributed by atoms with Crippen LogP contribution in [0.5, 0.6) is 0 Å². The molecule has 1 amide bonds. The molecule has 2 aromatic heterocycles. The standard InChI is InChI=1S/C23H22ClN5O/c1-15(16-5-3-2-4-6-16)9-11-26-22(30)19-13-17(7-8-20(19)24)18-10-12-29-21(14-18)27-23(25)28-29/h2-8,10,12-15H,9,11H2,1H3,(H2,25,28)(H,26,30). The van der Waals surface area contributed by atoms with Gasteiger partial charge in [0.2, 0.25) is 5.95 Å². The van der Waals surface area contributed by atoms with Gasteiger partial charge in [-0.25, -0.2) is 4.52 Å². The van der Waals surface area contributed by atoms with Gasteiger partial charge in [-0.1, -0.05) is 54.9 Å². The summed E-state index contributed by atoms with van der Waals surface area (Å²) in [5, 5.41) is 7.48. The molecule has 0 saturated carbocycles. The monoisotopic (exact) mass is 419 g/mol. The Morgan fingerprint density at radius 1 is 1.13 bits per heavy atom. The van der Waals surface area contributed by atoms with Crippen molar-refractivity contribution in [2.24, 2.45) is 0 Å². The van der Waals surface area contributed by atoms with Crippen LogP contribution in [-0.2, 0) is 0 Å². The Bertz CT molecular complexity index is 1190. The van der Waals surface area contributed by atoms with Crippen molar-refractivity contribution in [1.82, 2.24) is 19.9 Å². The van der Waals surface area contributed by atoms with E-state index in [1.807, 2.05) is 36.4 Å². The van der Waals surface area contributed by atoms with Crippen LogP contribution >= 0.6 is 11.6 Å². The minimum atomic E-state index is -0.185. The molecule has 30 heavy (non-hydrogen) atoms. The van der Waals surface area contributed by atoms with Crippen molar-refractivity contribution in [1.29, 1.82) is 0 Å². The topological polar surface area (TPSA) is 85.3 Å². The maximum Gasteiger partial charge on any atom is 0.252 e. The number of hydrogen-bond acceptors (Lipinski definition) is 4. The molecule has 152 valence electrons. The van der Waals surface area contributed by atoms with Crippen LogP contribution in [0.15, 0.2) is 66.9 Å². The summed E-state index contributed by atoms with van der Waals surface area (Å²) in [4.78, 5) is 16.9. The molecule has 0 fully saturated rings. The number of hydrogen-bond donors (Lipinski definition) is 2. The summed E-state index contributed by atoms with van der Waals surface area (Å²) in [6, 6.07) is 19.4. The normalized spacial score (nSPS) is 12.1. The molecule has 4 aromatic rings. The number of nitrogens with one attached hydrogen (secondary N) is 1. The van der Waals surface area contributed by atoms with Gasteiger partial charge < -0.3 is 11.1 Å². The molecule has 0 aliphatic rings. The number of carbonyl (C=O) groups excluding carboxylic acids is 1. The van der Waals surface area contributed by atoms with Gasteiger partial charge in [0.1, 0.15) is 0 Å². The van der Waals surface area contributed by atoms with Crippen molar-refractivity contribution in [3.63, 3.8) is 0 Å². The number of nitrogens with two attached hydrogens (primary N) is 1. The van der Waals surface area contributed by atoms with Crippen molar-refractivity contribution in [2.45, 2.75) is 19.3 Å². The van der Waals surface area contributed by atoms with Gasteiger partial charge in [0.25, 0.3) is 5.91 Å². The molecule has 0 aliphatic heterocycles. The van der Waals surface area contributed by atoms with Crippen LogP contribution in [0.25, 0.3) is 16.8 Å². The Balaban J connectivity index is 1.47. The zero-order valence-corrected chi connectivity index (χ0v) is 17.3. The summed E-state index contributed by atoms with van der Waals surface area (Å²) < 4.78 is 1.61. The number of nitrogens with zero attached hydrogens (tertiary/aromatic N) is 3. The first kappa shape index (κ1) is 19.9. The summed E-state index contributed by atoms with van der Waals surface area (Å²) in [5.74, 6) is 0.388. The number of rotatable bonds is 6. The number of carbonyl (C=O) groups is 1. The van der Waals surface area contributed by atoms with Gasteiger partial charge in [-0.3, -0.25) is 4.79 Å². The number of fused-ring (bicyclic) bond motifs is 1. The molecule has 2 aromatic carbocycles. The van der Waals surface area contributed by atoms with E-state index < -0.39 is 0 Å². The zero-order valence-electron chi connectivity index (χ0n) is 16.5. The van der Waals surface area contributed by atoms with E-state index in [0.29, 0.717) is 28.7 Å². The van der Waals surface area contributed by atoms with Crippen molar-refractivity contribution < 1.29 is 4.79 Å². The second-order valence-corrected chi connectivity index (χ2v) is 7.65. The number of nitrogen functional groups attached to an aromatic ring is 1. The van der Waals surface area contributed by atoms with Crippen molar-refractivity contribution >= 4 is 29.1 Å². The van der Waals surface area contributed by atoms with Crippen LogP contribution in [0.3, 0.4) is 0 Å². The first-order valence-electron chi connectivity index (χ1n) is 9.76. The van der Waals surface area contributed by atoms with Gasteiger partial charge in [-0.05, 0) is 53.3 Å². The first-order chi connectivity index (χ1) is 14.5. The molecule has 0 saturated heterocycles. The van der Waals surface area contributed by atoms with Gasteiger partial charge in [-0.15, -0.1) is 5.10 Å². The third kappa shape index (κ3) is 4.28. The summed E-state index contributed by atoms with van der Waals surface area (Å²) in [6.07, 6.45) is 2.63. The van der Waals surface area contributed by atoms with Crippen LogP contribution in [0.4, 0.5) is 5.95 Å². The first-order valence-corrected chi connectivity index (χ1v) is 10.1. The Kier molecular flexibility index (Phi) is 5.68. The van der Waals surface area contributed by atoms with E-state index in [9.17, 15) is 4.79 Å². The summed E-state index contributed by atoms with van der Waals surface area (Å²) in [5.41, 5.74) is 9.77. The molecule has 0 radical (unpaired) electrons. The number of aromatic nitrogens is 3.